The van der Waals surface area contributed by atoms with Crippen LogP contribution in [0.25, 0.3) is 0 Å². The van der Waals surface area contributed by atoms with Gasteiger partial charge in [-0.2, -0.15) is 0 Å². The van der Waals surface area contributed by atoms with Crippen molar-refractivity contribution in [2.75, 3.05) is 19.7 Å². The second-order valence-corrected chi connectivity index (χ2v) is 6.64. The van der Waals surface area contributed by atoms with Crippen LogP contribution < -0.4 is 4.74 Å². The second kappa shape index (κ2) is 5.11. The van der Waals surface area contributed by atoms with Crippen LogP contribution in [0.4, 0.5) is 0 Å². The number of benzene rings is 1. The zero-order chi connectivity index (χ0) is 16.1. The van der Waals surface area contributed by atoms with Crippen molar-refractivity contribution in [2.45, 2.75) is 32.6 Å². The van der Waals surface area contributed by atoms with E-state index in [1.54, 1.807) is 0 Å². The summed E-state index contributed by atoms with van der Waals surface area (Å²) in [6.45, 7) is 7.88. The number of aromatic nitrogens is 1. The van der Waals surface area contributed by atoms with Gasteiger partial charge in [0.1, 0.15) is 24.0 Å². The maximum atomic E-state index is 12.8. The molecule has 1 atom stereocenters. The molecule has 4 rings (SSSR count). The van der Waals surface area contributed by atoms with Crippen LogP contribution in [0.5, 0.6) is 5.75 Å². The minimum atomic E-state index is -0.177. The fourth-order valence-corrected chi connectivity index (χ4v) is 3.32. The number of aryl methyl sites for hydroxylation is 3. The molecule has 23 heavy (non-hydrogen) atoms. The smallest absolute Gasteiger partial charge is 0.233 e. The van der Waals surface area contributed by atoms with Crippen LogP contribution in [-0.4, -0.2) is 35.7 Å². The van der Waals surface area contributed by atoms with E-state index in [0.717, 1.165) is 22.8 Å². The van der Waals surface area contributed by atoms with E-state index in [1.165, 1.54) is 11.1 Å². The lowest BCUT2D eigenvalue weighted by atomic mass is 9.91. The van der Waals surface area contributed by atoms with Gasteiger partial charge in [0, 0.05) is 30.6 Å². The number of rotatable bonds is 2. The summed E-state index contributed by atoms with van der Waals surface area (Å²) >= 11 is 0. The number of nitrogens with zero attached hydrogens (tertiary/aromatic N) is 2. The molecule has 120 valence electrons. The predicted molar refractivity (Wildman–Crippen MR) is 84.7 cm³/mol. The highest BCUT2D eigenvalue weighted by atomic mass is 16.5. The normalized spacial score (nSPS) is 20.1. The Hall–Kier alpha value is -2.30. The van der Waals surface area contributed by atoms with E-state index in [1.807, 2.05) is 24.0 Å². The summed E-state index contributed by atoms with van der Waals surface area (Å²) in [6.07, 6.45) is 0. The lowest BCUT2D eigenvalue weighted by Gasteiger charge is -2.39. The summed E-state index contributed by atoms with van der Waals surface area (Å²) in [5.41, 5.74) is 4.37. The van der Waals surface area contributed by atoms with Gasteiger partial charge in [-0.3, -0.25) is 4.79 Å². The highest BCUT2D eigenvalue weighted by Gasteiger charge is 2.40. The summed E-state index contributed by atoms with van der Waals surface area (Å²) in [7, 11) is 0. The molecule has 1 saturated heterocycles. The van der Waals surface area contributed by atoms with Gasteiger partial charge in [-0.05, 0) is 38.0 Å². The molecule has 2 aliphatic heterocycles. The molecule has 1 unspecified atom stereocenters. The van der Waals surface area contributed by atoms with E-state index >= 15 is 0 Å². The van der Waals surface area contributed by atoms with Crippen molar-refractivity contribution in [1.82, 2.24) is 10.1 Å². The Morgan fingerprint density at radius 2 is 1.91 bits per heavy atom. The van der Waals surface area contributed by atoms with Gasteiger partial charge in [0.25, 0.3) is 0 Å². The fraction of sp³-hybridized carbons (Fsp3) is 0.444. The molecule has 1 aromatic carbocycles. The zero-order valence-corrected chi connectivity index (χ0v) is 13.6. The van der Waals surface area contributed by atoms with Gasteiger partial charge in [0.2, 0.25) is 5.91 Å². The summed E-state index contributed by atoms with van der Waals surface area (Å²) in [4.78, 5) is 14.7. The average molecular weight is 312 g/mol. The number of carbonyl (C=O) groups is 1. The van der Waals surface area contributed by atoms with Crippen molar-refractivity contribution < 1.29 is 14.1 Å². The van der Waals surface area contributed by atoms with E-state index < -0.39 is 0 Å². The lowest BCUT2D eigenvalue weighted by molar-refractivity contribution is -0.137. The minimum absolute atomic E-state index is 0.156. The topological polar surface area (TPSA) is 55.6 Å². The number of carbonyl (C=O) groups excluding carboxylic acids is 1. The summed E-state index contributed by atoms with van der Waals surface area (Å²) < 4.78 is 10.8. The molecule has 0 N–H and O–H groups in total. The zero-order valence-electron chi connectivity index (χ0n) is 13.6. The van der Waals surface area contributed by atoms with E-state index in [9.17, 15) is 4.79 Å². The molecule has 2 aromatic rings. The highest BCUT2D eigenvalue weighted by molar-refractivity contribution is 5.86. The van der Waals surface area contributed by atoms with Gasteiger partial charge < -0.3 is 14.2 Å². The third kappa shape index (κ3) is 2.31. The Labute approximate surface area is 135 Å². The molecule has 0 bridgehead atoms. The standard InChI is InChI=1S/C18H20N2O3/c1-10-4-14-15(9-22-17(14)5-11(10)2)18(21)20-7-13(8-20)16-6-12(3)23-19-16/h4-6,13,15H,7-9H2,1-3H3. The van der Waals surface area contributed by atoms with Crippen LogP contribution in [-0.2, 0) is 4.79 Å². The number of amides is 1. The van der Waals surface area contributed by atoms with Crippen LogP contribution in [0.1, 0.15) is 40.0 Å². The van der Waals surface area contributed by atoms with E-state index in [0.29, 0.717) is 19.7 Å². The molecule has 0 spiro atoms. The number of ether oxygens (including phenoxy) is 1. The first kappa shape index (κ1) is 14.3. The monoisotopic (exact) mass is 312 g/mol. The third-order valence-corrected chi connectivity index (χ3v) is 4.96. The van der Waals surface area contributed by atoms with Crippen molar-refractivity contribution in [3.05, 3.63) is 46.3 Å². The summed E-state index contributed by atoms with van der Waals surface area (Å²) in [6, 6.07) is 6.08. The third-order valence-electron chi connectivity index (χ3n) is 4.96. The van der Waals surface area contributed by atoms with Gasteiger partial charge >= 0.3 is 0 Å². The van der Waals surface area contributed by atoms with Crippen LogP contribution >= 0.6 is 0 Å². The summed E-state index contributed by atoms with van der Waals surface area (Å²) in [5.74, 6) is 1.94. The SMILES string of the molecule is Cc1cc(C2CN(C(=O)C3COc4cc(C)c(C)cc43)C2)no1. The lowest BCUT2D eigenvalue weighted by Crippen LogP contribution is -2.50. The molecule has 0 radical (unpaired) electrons. The highest BCUT2D eigenvalue weighted by Crippen LogP contribution is 2.38. The first-order valence-corrected chi connectivity index (χ1v) is 7.99. The largest absolute Gasteiger partial charge is 0.492 e. The van der Waals surface area contributed by atoms with Gasteiger partial charge in [-0.1, -0.05) is 11.2 Å². The quantitative estimate of drug-likeness (QED) is 0.855. The second-order valence-electron chi connectivity index (χ2n) is 6.64. The number of hydrogen-bond donors (Lipinski definition) is 0. The van der Waals surface area contributed by atoms with E-state index in [-0.39, 0.29) is 17.7 Å². The Balaban J connectivity index is 1.47. The van der Waals surface area contributed by atoms with Gasteiger partial charge in [0.05, 0.1) is 5.69 Å². The molecule has 1 aromatic heterocycles. The maximum Gasteiger partial charge on any atom is 0.233 e. The Morgan fingerprint density at radius 1 is 1.17 bits per heavy atom. The maximum absolute atomic E-state index is 12.8. The molecule has 3 heterocycles. The Bertz CT molecular complexity index is 775. The van der Waals surface area contributed by atoms with Gasteiger partial charge in [0.15, 0.2) is 0 Å². The molecule has 1 fully saturated rings. The van der Waals surface area contributed by atoms with Gasteiger partial charge in [-0.15, -0.1) is 0 Å². The van der Waals surface area contributed by atoms with Crippen molar-refractivity contribution in [3.8, 4) is 5.75 Å². The van der Waals surface area contributed by atoms with Crippen LogP contribution in [0.2, 0.25) is 0 Å². The van der Waals surface area contributed by atoms with Crippen LogP contribution in [0, 0.1) is 20.8 Å². The number of likely N-dealkylation sites (tertiary alicyclic amines) is 1. The molecule has 0 aliphatic carbocycles. The van der Waals surface area contributed by atoms with Crippen molar-refractivity contribution >= 4 is 5.91 Å². The van der Waals surface area contributed by atoms with Crippen molar-refractivity contribution in [1.29, 1.82) is 0 Å². The molecular formula is C18H20N2O3. The van der Waals surface area contributed by atoms with Crippen LogP contribution in [0.15, 0.2) is 22.7 Å². The Kier molecular flexibility index (Phi) is 3.18. The molecule has 5 heteroatoms. The van der Waals surface area contributed by atoms with E-state index in [4.69, 9.17) is 9.26 Å². The minimum Gasteiger partial charge on any atom is -0.492 e. The average Bonchev–Trinajstić information content (AvgIpc) is 3.04. The van der Waals surface area contributed by atoms with Crippen molar-refractivity contribution in [3.63, 3.8) is 0 Å². The fourth-order valence-electron chi connectivity index (χ4n) is 3.32. The molecular weight excluding hydrogens is 292 g/mol. The van der Waals surface area contributed by atoms with Crippen molar-refractivity contribution in [2.24, 2.45) is 0 Å². The molecule has 5 nitrogen and oxygen atoms in total. The molecule has 0 saturated carbocycles. The predicted octanol–water partition coefficient (Wildman–Crippen LogP) is 2.70. The number of hydrogen-bond acceptors (Lipinski definition) is 4. The van der Waals surface area contributed by atoms with Gasteiger partial charge in [-0.25, -0.2) is 0 Å². The first-order valence-electron chi connectivity index (χ1n) is 7.99. The number of fused-ring (bicyclic) bond motifs is 1. The molecule has 2 aliphatic rings. The van der Waals surface area contributed by atoms with E-state index in [2.05, 4.69) is 25.1 Å². The van der Waals surface area contributed by atoms with Crippen LogP contribution in [0.3, 0.4) is 0 Å². The first-order chi connectivity index (χ1) is 11.0. The Morgan fingerprint density at radius 3 is 2.61 bits per heavy atom. The molecule has 1 amide bonds. The summed E-state index contributed by atoms with van der Waals surface area (Å²) in [5, 5.41) is 4.05.